The van der Waals surface area contributed by atoms with E-state index < -0.39 is 12.0 Å². The number of H-pyrrole nitrogens is 1. The largest absolute Gasteiger partial charge is 0.465 e. The molecule has 4 rings (SSSR count). The van der Waals surface area contributed by atoms with Crippen molar-refractivity contribution in [2.24, 2.45) is 12.1 Å². The van der Waals surface area contributed by atoms with Gasteiger partial charge in [-0.25, -0.2) is 10.2 Å². The molecule has 4 N–H and O–H groups in total. The average molecular weight is 324 g/mol. The smallest absolute Gasteiger partial charge is 0.409 e. The Kier molecular flexibility index (Phi) is 2.89. The van der Waals surface area contributed by atoms with Crippen LogP contribution >= 0.6 is 0 Å². The molecule has 1 aliphatic rings. The molecule has 1 aliphatic heterocycles. The molecule has 0 aliphatic carbocycles. The molecular weight excluding hydrogens is 312 g/mol. The van der Waals surface area contributed by atoms with Crippen molar-refractivity contribution in [3.8, 4) is 11.3 Å². The first-order valence-electron chi connectivity index (χ1n) is 7.05. The minimum atomic E-state index is -1.20. The van der Waals surface area contributed by atoms with Gasteiger partial charge in [-0.1, -0.05) is 0 Å². The van der Waals surface area contributed by atoms with E-state index in [1.807, 2.05) is 13.2 Å². The molecule has 0 bridgehead atoms. The van der Waals surface area contributed by atoms with E-state index in [1.165, 1.54) is 6.07 Å². The second-order valence-electron chi connectivity index (χ2n) is 5.39. The van der Waals surface area contributed by atoms with Crippen LogP contribution in [0.25, 0.3) is 22.2 Å². The highest BCUT2D eigenvalue weighted by molar-refractivity contribution is 6.18. The minimum absolute atomic E-state index is 0.299. The Morgan fingerprint density at radius 2 is 2.21 bits per heavy atom. The van der Waals surface area contributed by atoms with Gasteiger partial charge in [0.15, 0.2) is 0 Å². The molecule has 9 nitrogen and oxygen atoms in total. The zero-order valence-electron chi connectivity index (χ0n) is 12.5. The summed E-state index contributed by atoms with van der Waals surface area (Å²) < 4.78 is 1.67. The highest BCUT2D eigenvalue weighted by Crippen LogP contribution is 2.34. The Balaban J connectivity index is 2.02. The van der Waals surface area contributed by atoms with Gasteiger partial charge in [-0.2, -0.15) is 10.2 Å². The zero-order chi connectivity index (χ0) is 16.8. The molecule has 3 heterocycles. The van der Waals surface area contributed by atoms with E-state index in [2.05, 4.69) is 25.9 Å². The van der Waals surface area contributed by atoms with Gasteiger partial charge in [0.1, 0.15) is 0 Å². The van der Waals surface area contributed by atoms with E-state index >= 15 is 0 Å². The topological polar surface area (TPSA) is 124 Å². The lowest BCUT2D eigenvalue weighted by Gasteiger charge is -2.05. The van der Waals surface area contributed by atoms with Gasteiger partial charge >= 0.3 is 6.09 Å². The normalized spacial score (nSPS) is 13.0. The summed E-state index contributed by atoms with van der Waals surface area (Å²) in [7, 11) is 1.81. The summed E-state index contributed by atoms with van der Waals surface area (Å²) >= 11 is 0. The van der Waals surface area contributed by atoms with E-state index in [0.29, 0.717) is 22.2 Å². The molecule has 0 atom stereocenters. The molecule has 120 valence electrons. The van der Waals surface area contributed by atoms with Gasteiger partial charge in [0.05, 0.1) is 23.7 Å². The molecule has 0 saturated carbocycles. The quantitative estimate of drug-likeness (QED) is 0.573. The summed E-state index contributed by atoms with van der Waals surface area (Å²) in [4.78, 5) is 26.4. The van der Waals surface area contributed by atoms with Gasteiger partial charge < -0.3 is 10.1 Å². The number of hydrazone groups is 1. The number of aromatic nitrogens is 3. The molecule has 2 amide bonds. The fourth-order valence-electron chi connectivity index (χ4n) is 2.86. The van der Waals surface area contributed by atoms with Gasteiger partial charge in [0.25, 0.3) is 5.91 Å². The Morgan fingerprint density at radius 3 is 2.92 bits per heavy atom. The van der Waals surface area contributed by atoms with Crippen molar-refractivity contribution in [1.29, 1.82) is 0 Å². The van der Waals surface area contributed by atoms with Crippen molar-refractivity contribution < 1.29 is 14.7 Å². The van der Waals surface area contributed by atoms with Crippen LogP contribution in [0.4, 0.5) is 10.5 Å². The first kappa shape index (κ1) is 14.0. The second kappa shape index (κ2) is 4.95. The fourth-order valence-corrected chi connectivity index (χ4v) is 2.86. The van der Waals surface area contributed by atoms with Crippen molar-refractivity contribution in [1.82, 2.24) is 20.2 Å². The van der Waals surface area contributed by atoms with Crippen molar-refractivity contribution in [2.45, 2.75) is 0 Å². The summed E-state index contributed by atoms with van der Waals surface area (Å²) in [6.07, 6.45) is 3.90. The number of nitrogens with one attached hydrogen (secondary N) is 3. The van der Waals surface area contributed by atoms with Crippen LogP contribution in [-0.4, -0.2) is 38.1 Å². The summed E-state index contributed by atoms with van der Waals surface area (Å²) in [5, 5.41) is 20.0. The Labute approximate surface area is 135 Å². The minimum Gasteiger partial charge on any atom is -0.465 e. The summed E-state index contributed by atoms with van der Waals surface area (Å²) in [5.41, 5.74) is 6.03. The van der Waals surface area contributed by atoms with Crippen LogP contribution in [0.2, 0.25) is 0 Å². The number of hydrogen-bond acceptors (Lipinski definition) is 4. The Bertz CT molecular complexity index is 1030. The first-order chi connectivity index (χ1) is 11.5. The SMILES string of the molecule is Cn1cc(-c2[nH]c3cc(NC(=O)O)cc4c3c2C=NNC4=O)cn1. The van der Waals surface area contributed by atoms with Crippen LogP contribution < -0.4 is 10.7 Å². The molecule has 0 unspecified atom stereocenters. The molecule has 3 aromatic rings. The molecule has 2 aromatic heterocycles. The predicted molar refractivity (Wildman–Crippen MR) is 87.2 cm³/mol. The van der Waals surface area contributed by atoms with Gasteiger partial charge in [-0.05, 0) is 12.1 Å². The van der Waals surface area contributed by atoms with Crippen LogP contribution in [0.1, 0.15) is 15.9 Å². The van der Waals surface area contributed by atoms with Gasteiger partial charge in [0, 0.05) is 41.0 Å². The van der Waals surface area contributed by atoms with Gasteiger partial charge in [-0.15, -0.1) is 0 Å². The molecule has 0 fully saturated rings. The number of hydrogen-bond donors (Lipinski definition) is 4. The molecule has 1 aromatic carbocycles. The summed E-state index contributed by atoms with van der Waals surface area (Å²) in [6, 6.07) is 3.13. The highest BCUT2D eigenvalue weighted by Gasteiger charge is 2.22. The number of carboxylic acid groups (broad SMARTS) is 1. The second-order valence-corrected chi connectivity index (χ2v) is 5.39. The fraction of sp³-hybridized carbons (Fsp3) is 0.0667. The maximum atomic E-state index is 12.2. The van der Waals surface area contributed by atoms with Crippen molar-refractivity contribution >= 4 is 34.8 Å². The van der Waals surface area contributed by atoms with Crippen molar-refractivity contribution in [3.63, 3.8) is 0 Å². The number of amides is 2. The molecule has 24 heavy (non-hydrogen) atoms. The lowest BCUT2D eigenvalue weighted by atomic mass is 10.0. The third-order valence-corrected chi connectivity index (χ3v) is 3.79. The van der Waals surface area contributed by atoms with Crippen molar-refractivity contribution in [2.75, 3.05) is 5.32 Å². The number of aromatic amines is 1. The van der Waals surface area contributed by atoms with E-state index in [1.54, 1.807) is 23.2 Å². The zero-order valence-corrected chi connectivity index (χ0v) is 12.5. The van der Waals surface area contributed by atoms with Crippen LogP contribution in [0.15, 0.2) is 29.6 Å². The number of anilines is 1. The van der Waals surface area contributed by atoms with E-state index in [4.69, 9.17) is 5.11 Å². The van der Waals surface area contributed by atoms with E-state index in [0.717, 1.165) is 16.8 Å². The summed E-state index contributed by atoms with van der Waals surface area (Å²) in [6.45, 7) is 0. The van der Waals surface area contributed by atoms with Gasteiger partial charge in [0.2, 0.25) is 0 Å². The molecule has 0 radical (unpaired) electrons. The van der Waals surface area contributed by atoms with Crippen molar-refractivity contribution in [3.05, 3.63) is 35.7 Å². The molecule has 0 spiro atoms. The van der Waals surface area contributed by atoms with E-state index in [9.17, 15) is 9.59 Å². The van der Waals surface area contributed by atoms with Crippen LogP contribution in [0.3, 0.4) is 0 Å². The third kappa shape index (κ3) is 2.10. The van der Waals surface area contributed by atoms with Gasteiger partial charge in [-0.3, -0.25) is 14.8 Å². The molecule has 0 saturated heterocycles. The average Bonchev–Trinajstić information content (AvgIpc) is 3.05. The lowest BCUT2D eigenvalue weighted by Crippen LogP contribution is -2.17. The predicted octanol–water partition coefficient (Wildman–Crippen LogP) is 1.74. The number of rotatable bonds is 2. The Hall–Kier alpha value is -3.62. The number of benzene rings is 1. The Morgan fingerprint density at radius 1 is 1.38 bits per heavy atom. The third-order valence-electron chi connectivity index (χ3n) is 3.79. The first-order valence-corrected chi connectivity index (χ1v) is 7.05. The maximum Gasteiger partial charge on any atom is 0.409 e. The van der Waals surface area contributed by atoms with Crippen LogP contribution in [0, 0.1) is 0 Å². The lowest BCUT2D eigenvalue weighted by molar-refractivity contribution is 0.0957. The van der Waals surface area contributed by atoms with E-state index in [-0.39, 0.29) is 0 Å². The molecule has 9 heteroatoms. The standard InChI is InChI=1S/C15H12N6O3/c1-21-6-7(4-17-21)13-10-5-16-20-14(22)9-2-8(18-15(23)24)3-11(19-13)12(9)10/h2-6,18-19H,1H3,(H,20,22)(H,23,24). The number of carbonyl (C=O) groups excluding carboxylic acids is 1. The summed E-state index contributed by atoms with van der Waals surface area (Å²) in [5.74, 6) is -0.402. The van der Waals surface area contributed by atoms with Crippen LogP contribution in [0.5, 0.6) is 0 Å². The van der Waals surface area contributed by atoms with Crippen LogP contribution in [-0.2, 0) is 7.05 Å². The number of carbonyl (C=O) groups is 2. The monoisotopic (exact) mass is 324 g/mol. The maximum absolute atomic E-state index is 12.2. The molecular formula is C15H12N6O3. The highest BCUT2D eigenvalue weighted by atomic mass is 16.4. The number of nitrogens with zero attached hydrogens (tertiary/aromatic N) is 3. The number of aryl methyl sites for hydroxylation is 1.